The molecule has 0 amide bonds. The van der Waals surface area contributed by atoms with Gasteiger partial charge in [0.25, 0.3) is 0 Å². The van der Waals surface area contributed by atoms with E-state index < -0.39 is 0 Å². The lowest BCUT2D eigenvalue weighted by Gasteiger charge is -2.08. The molecule has 0 radical (unpaired) electrons. The van der Waals surface area contributed by atoms with Gasteiger partial charge < -0.3 is 0 Å². The number of allylic oxidation sites excluding steroid dienone is 1. The van der Waals surface area contributed by atoms with E-state index in [-0.39, 0.29) is 7.43 Å². The lowest BCUT2D eigenvalue weighted by Crippen LogP contribution is -1.87. The van der Waals surface area contributed by atoms with Crippen molar-refractivity contribution in [3.63, 3.8) is 0 Å². The van der Waals surface area contributed by atoms with Crippen molar-refractivity contribution in [3.05, 3.63) is 65.7 Å². The van der Waals surface area contributed by atoms with E-state index in [1.807, 2.05) is 0 Å². The van der Waals surface area contributed by atoms with Crippen molar-refractivity contribution in [1.82, 2.24) is 0 Å². The highest BCUT2D eigenvalue weighted by atomic mass is 14.1. The summed E-state index contributed by atoms with van der Waals surface area (Å²) >= 11 is 0. The van der Waals surface area contributed by atoms with Crippen LogP contribution in [0.15, 0.2) is 54.6 Å². The lowest BCUT2D eigenvalue weighted by molar-refractivity contribution is 1.31. The lowest BCUT2D eigenvalue weighted by atomic mass is 9.97. The van der Waals surface area contributed by atoms with Gasteiger partial charge in [0, 0.05) is 0 Å². The van der Waals surface area contributed by atoms with Crippen LogP contribution in [0.5, 0.6) is 0 Å². The van der Waals surface area contributed by atoms with Gasteiger partial charge in [0.2, 0.25) is 0 Å². The normalized spacial score (nSPS) is 12.0. The summed E-state index contributed by atoms with van der Waals surface area (Å²) < 4.78 is 0. The maximum atomic E-state index is 2.23. The number of hydrogen-bond donors (Lipinski definition) is 0. The van der Waals surface area contributed by atoms with Crippen molar-refractivity contribution in [2.75, 3.05) is 0 Å². The van der Waals surface area contributed by atoms with Gasteiger partial charge in [0.1, 0.15) is 0 Å². The second-order valence-corrected chi connectivity index (χ2v) is 3.85. The maximum Gasteiger partial charge on any atom is -0.00820 e. The summed E-state index contributed by atoms with van der Waals surface area (Å²) in [4.78, 5) is 0. The van der Waals surface area contributed by atoms with Gasteiger partial charge in [-0.25, -0.2) is 0 Å². The summed E-state index contributed by atoms with van der Waals surface area (Å²) in [7, 11) is 0. The highest BCUT2D eigenvalue weighted by Crippen LogP contribution is 2.30. The molecule has 3 rings (SSSR count). The van der Waals surface area contributed by atoms with Crippen LogP contribution in [-0.4, -0.2) is 0 Å². The SMILES string of the molecule is C.C1=Cc2cccc(-c3ccccc3)c2C1. The van der Waals surface area contributed by atoms with E-state index in [1.165, 1.54) is 22.3 Å². The molecule has 0 bridgehead atoms. The fourth-order valence-corrected chi connectivity index (χ4v) is 2.18. The van der Waals surface area contributed by atoms with Gasteiger partial charge in [-0.05, 0) is 28.7 Å². The van der Waals surface area contributed by atoms with Crippen LogP contribution in [0.2, 0.25) is 0 Å². The fraction of sp³-hybridized carbons (Fsp3) is 0.125. The minimum atomic E-state index is 0. The average molecular weight is 208 g/mol. The van der Waals surface area contributed by atoms with Crippen LogP contribution in [0.1, 0.15) is 18.6 Å². The Morgan fingerprint density at radius 2 is 1.62 bits per heavy atom. The van der Waals surface area contributed by atoms with Crippen molar-refractivity contribution in [1.29, 1.82) is 0 Å². The number of fused-ring (bicyclic) bond motifs is 1. The molecule has 0 nitrogen and oxygen atoms in total. The molecular weight excluding hydrogens is 192 g/mol. The molecule has 0 saturated heterocycles. The van der Waals surface area contributed by atoms with Gasteiger partial charge in [-0.2, -0.15) is 0 Å². The Bertz CT molecular complexity index is 507. The first kappa shape index (κ1) is 10.7. The zero-order valence-corrected chi connectivity index (χ0v) is 8.48. The van der Waals surface area contributed by atoms with E-state index in [2.05, 4.69) is 60.7 Å². The van der Waals surface area contributed by atoms with E-state index in [1.54, 1.807) is 0 Å². The van der Waals surface area contributed by atoms with Crippen LogP contribution in [-0.2, 0) is 6.42 Å². The van der Waals surface area contributed by atoms with Crippen LogP contribution in [0, 0.1) is 0 Å². The molecule has 2 aromatic rings. The predicted molar refractivity (Wildman–Crippen MR) is 71.3 cm³/mol. The topological polar surface area (TPSA) is 0 Å². The van der Waals surface area contributed by atoms with Crippen molar-refractivity contribution in [2.45, 2.75) is 13.8 Å². The molecule has 80 valence electrons. The molecular formula is C16H16. The predicted octanol–water partition coefficient (Wildman–Crippen LogP) is 4.56. The first-order valence-electron chi connectivity index (χ1n) is 5.29. The van der Waals surface area contributed by atoms with E-state index in [0.717, 1.165) is 6.42 Å². The molecule has 0 atom stereocenters. The van der Waals surface area contributed by atoms with Gasteiger partial charge in [0.15, 0.2) is 0 Å². The fourth-order valence-electron chi connectivity index (χ4n) is 2.18. The molecule has 0 N–H and O–H groups in total. The zero-order valence-electron chi connectivity index (χ0n) is 8.48. The van der Waals surface area contributed by atoms with Gasteiger partial charge in [-0.3, -0.25) is 0 Å². The summed E-state index contributed by atoms with van der Waals surface area (Å²) in [5, 5.41) is 0. The average Bonchev–Trinajstić information content (AvgIpc) is 2.78. The van der Waals surface area contributed by atoms with Gasteiger partial charge in [0.05, 0.1) is 0 Å². The first-order valence-corrected chi connectivity index (χ1v) is 5.29. The molecule has 0 heteroatoms. The molecule has 0 aromatic heterocycles. The third kappa shape index (κ3) is 1.67. The number of hydrogen-bond acceptors (Lipinski definition) is 0. The van der Waals surface area contributed by atoms with Crippen LogP contribution < -0.4 is 0 Å². The van der Waals surface area contributed by atoms with Crippen LogP contribution in [0.25, 0.3) is 17.2 Å². The molecule has 1 aliphatic rings. The Morgan fingerprint density at radius 1 is 0.812 bits per heavy atom. The van der Waals surface area contributed by atoms with Gasteiger partial charge >= 0.3 is 0 Å². The first-order chi connectivity index (χ1) is 7.45. The maximum absolute atomic E-state index is 2.23. The minimum Gasteiger partial charge on any atom is -0.0795 e. The summed E-state index contributed by atoms with van der Waals surface area (Å²) in [5.74, 6) is 0. The van der Waals surface area contributed by atoms with Crippen molar-refractivity contribution >= 4 is 6.08 Å². The second kappa shape index (κ2) is 4.36. The largest absolute Gasteiger partial charge is 0.0795 e. The summed E-state index contributed by atoms with van der Waals surface area (Å²) in [6.45, 7) is 0. The van der Waals surface area contributed by atoms with Crippen molar-refractivity contribution < 1.29 is 0 Å². The molecule has 0 aliphatic heterocycles. The third-order valence-corrected chi connectivity index (χ3v) is 2.92. The summed E-state index contributed by atoms with van der Waals surface area (Å²) in [6.07, 6.45) is 5.51. The molecule has 0 saturated carbocycles. The monoisotopic (exact) mass is 208 g/mol. The number of rotatable bonds is 1. The molecule has 0 unspecified atom stereocenters. The van der Waals surface area contributed by atoms with Crippen LogP contribution in [0.4, 0.5) is 0 Å². The molecule has 0 heterocycles. The Morgan fingerprint density at radius 3 is 2.44 bits per heavy atom. The van der Waals surface area contributed by atoms with E-state index in [0.29, 0.717) is 0 Å². The Kier molecular flexibility index (Phi) is 2.91. The summed E-state index contributed by atoms with van der Waals surface area (Å²) in [6, 6.07) is 17.1. The number of benzene rings is 2. The molecule has 2 aromatic carbocycles. The summed E-state index contributed by atoms with van der Waals surface area (Å²) in [5.41, 5.74) is 5.52. The van der Waals surface area contributed by atoms with Gasteiger partial charge in [-0.15, -0.1) is 0 Å². The quantitative estimate of drug-likeness (QED) is 0.644. The molecule has 0 fully saturated rings. The van der Waals surface area contributed by atoms with Crippen LogP contribution in [0.3, 0.4) is 0 Å². The van der Waals surface area contributed by atoms with Gasteiger partial charge in [-0.1, -0.05) is 68.1 Å². The van der Waals surface area contributed by atoms with Crippen molar-refractivity contribution in [2.24, 2.45) is 0 Å². The van der Waals surface area contributed by atoms with Crippen molar-refractivity contribution in [3.8, 4) is 11.1 Å². The smallest absolute Gasteiger partial charge is 0.00820 e. The Labute approximate surface area is 97.3 Å². The standard InChI is InChI=1S/C15H12.CH4/c1-2-6-12(7-3-1)14-10-4-8-13-9-5-11-15(13)14;/h1-10H,11H2;1H4. The molecule has 16 heavy (non-hydrogen) atoms. The highest BCUT2D eigenvalue weighted by molar-refractivity contribution is 5.75. The second-order valence-electron chi connectivity index (χ2n) is 3.85. The Balaban J connectivity index is 0.000000963. The van der Waals surface area contributed by atoms with E-state index in [9.17, 15) is 0 Å². The Hall–Kier alpha value is -1.82. The van der Waals surface area contributed by atoms with Crippen LogP contribution >= 0.6 is 0 Å². The highest BCUT2D eigenvalue weighted by Gasteiger charge is 2.10. The molecule has 0 spiro atoms. The zero-order chi connectivity index (χ0) is 10.1. The van der Waals surface area contributed by atoms with E-state index in [4.69, 9.17) is 0 Å². The van der Waals surface area contributed by atoms with E-state index >= 15 is 0 Å². The molecule has 1 aliphatic carbocycles. The third-order valence-electron chi connectivity index (χ3n) is 2.92. The minimum absolute atomic E-state index is 0.